The maximum Gasteiger partial charge on any atom is 0.255 e. The van der Waals surface area contributed by atoms with Gasteiger partial charge in [-0.25, -0.2) is 0 Å². The number of benzene rings is 1. The Morgan fingerprint density at radius 2 is 2.23 bits per heavy atom. The quantitative estimate of drug-likeness (QED) is 0.715. The van der Waals surface area contributed by atoms with Crippen molar-refractivity contribution in [2.75, 3.05) is 6.61 Å². The van der Waals surface area contributed by atoms with Crippen molar-refractivity contribution in [3.8, 4) is 11.5 Å². The summed E-state index contributed by atoms with van der Waals surface area (Å²) in [7, 11) is 0. The van der Waals surface area contributed by atoms with Crippen molar-refractivity contribution in [2.24, 2.45) is 5.73 Å². The van der Waals surface area contributed by atoms with E-state index in [-0.39, 0.29) is 12.4 Å². The molecule has 1 aromatic rings. The van der Waals surface area contributed by atoms with Crippen LogP contribution in [-0.2, 0) is 4.79 Å². The molecular formula is C9H11NO3. The Labute approximate surface area is 75.9 Å². The zero-order valence-electron chi connectivity index (χ0n) is 7.28. The molecule has 4 nitrogen and oxygen atoms in total. The van der Waals surface area contributed by atoms with Crippen LogP contribution in [0.15, 0.2) is 18.2 Å². The molecule has 3 N–H and O–H groups in total. The summed E-state index contributed by atoms with van der Waals surface area (Å²) in [6.07, 6.45) is 0. The van der Waals surface area contributed by atoms with Gasteiger partial charge in [-0.3, -0.25) is 4.79 Å². The van der Waals surface area contributed by atoms with Crippen LogP contribution in [-0.4, -0.2) is 17.6 Å². The second-order valence-electron chi connectivity index (χ2n) is 2.76. The van der Waals surface area contributed by atoms with Gasteiger partial charge in [-0.2, -0.15) is 0 Å². The number of carbonyl (C=O) groups is 1. The van der Waals surface area contributed by atoms with Crippen LogP contribution in [0.25, 0.3) is 0 Å². The second-order valence-corrected chi connectivity index (χ2v) is 2.76. The fourth-order valence-electron chi connectivity index (χ4n) is 0.966. The van der Waals surface area contributed by atoms with Gasteiger partial charge in [0.2, 0.25) is 0 Å². The Morgan fingerprint density at radius 3 is 2.77 bits per heavy atom. The summed E-state index contributed by atoms with van der Waals surface area (Å²) in [6, 6.07) is 4.73. The lowest BCUT2D eigenvalue weighted by Crippen LogP contribution is -2.19. The van der Waals surface area contributed by atoms with E-state index in [1.54, 1.807) is 12.1 Å². The number of nitrogens with two attached hydrogens (primary N) is 1. The molecule has 0 heterocycles. The van der Waals surface area contributed by atoms with Crippen LogP contribution in [0.2, 0.25) is 0 Å². The molecule has 0 aliphatic rings. The number of primary amides is 1. The average molecular weight is 181 g/mol. The van der Waals surface area contributed by atoms with Crippen LogP contribution in [0.3, 0.4) is 0 Å². The van der Waals surface area contributed by atoms with E-state index in [9.17, 15) is 4.79 Å². The monoisotopic (exact) mass is 181 g/mol. The SMILES string of the molecule is Cc1cc(O)cc(OCC(N)=O)c1. The number of hydrogen-bond donors (Lipinski definition) is 2. The van der Waals surface area contributed by atoms with Crippen molar-refractivity contribution >= 4 is 5.91 Å². The van der Waals surface area contributed by atoms with Gasteiger partial charge in [0, 0.05) is 6.07 Å². The van der Waals surface area contributed by atoms with Crippen LogP contribution >= 0.6 is 0 Å². The standard InChI is InChI=1S/C9H11NO3/c1-6-2-7(11)4-8(3-6)13-5-9(10)12/h2-4,11H,5H2,1H3,(H2,10,12). The summed E-state index contributed by atoms with van der Waals surface area (Å²) < 4.78 is 4.99. The maximum atomic E-state index is 10.4. The van der Waals surface area contributed by atoms with Crippen molar-refractivity contribution in [1.82, 2.24) is 0 Å². The molecule has 1 rings (SSSR count). The summed E-state index contributed by atoms with van der Waals surface area (Å²) in [5.41, 5.74) is 5.75. The lowest BCUT2D eigenvalue weighted by molar-refractivity contribution is -0.119. The van der Waals surface area contributed by atoms with E-state index in [0.717, 1.165) is 5.56 Å². The van der Waals surface area contributed by atoms with Crippen LogP contribution < -0.4 is 10.5 Å². The zero-order valence-corrected chi connectivity index (χ0v) is 7.28. The van der Waals surface area contributed by atoms with E-state index in [4.69, 9.17) is 15.6 Å². The molecule has 1 aromatic carbocycles. The first-order valence-corrected chi connectivity index (χ1v) is 3.79. The number of amides is 1. The van der Waals surface area contributed by atoms with Crippen molar-refractivity contribution in [1.29, 1.82) is 0 Å². The Hall–Kier alpha value is -1.71. The van der Waals surface area contributed by atoms with Gasteiger partial charge in [-0.15, -0.1) is 0 Å². The van der Waals surface area contributed by atoms with E-state index in [1.807, 2.05) is 6.92 Å². The van der Waals surface area contributed by atoms with Gasteiger partial charge in [0.15, 0.2) is 6.61 Å². The molecule has 0 saturated heterocycles. The topological polar surface area (TPSA) is 72.6 Å². The number of aryl methyl sites for hydroxylation is 1. The van der Waals surface area contributed by atoms with Crippen LogP contribution in [0.1, 0.15) is 5.56 Å². The van der Waals surface area contributed by atoms with Crippen molar-refractivity contribution in [3.63, 3.8) is 0 Å². The van der Waals surface area contributed by atoms with Gasteiger partial charge in [0.25, 0.3) is 5.91 Å². The van der Waals surface area contributed by atoms with Crippen LogP contribution in [0, 0.1) is 6.92 Å². The molecule has 0 aromatic heterocycles. The van der Waals surface area contributed by atoms with Gasteiger partial charge in [0.05, 0.1) is 0 Å². The van der Waals surface area contributed by atoms with E-state index in [1.165, 1.54) is 6.07 Å². The number of phenols is 1. The third-order valence-corrected chi connectivity index (χ3v) is 1.42. The molecule has 1 amide bonds. The summed E-state index contributed by atoms with van der Waals surface area (Å²) in [4.78, 5) is 10.4. The Bertz CT molecular complexity index is 302. The molecule has 0 atom stereocenters. The lowest BCUT2D eigenvalue weighted by atomic mass is 10.2. The zero-order chi connectivity index (χ0) is 9.84. The molecule has 0 saturated carbocycles. The first-order chi connectivity index (χ1) is 6.08. The first kappa shape index (κ1) is 9.38. The first-order valence-electron chi connectivity index (χ1n) is 3.79. The summed E-state index contributed by atoms with van der Waals surface area (Å²) in [6.45, 7) is 1.64. The Balaban J connectivity index is 2.71. The highest BCUT2D eigenvalue weighted by Gasteiger charge is 1.99. The van der Waals surface area contributed by atoms with Crippen molar-refractivity contribution < 1.29 is 14.6 Å². The van der Waals surface area contributed by atoms with Gasteiger partial charge in [-0.1, -0.05) is 0 Å². The predicted octanol–water partition coefficient (Wildman–Crippen LogP) is 0.565. The highest BCUT2D eigenvalue weighted by Crippen LogP contribution is 2.20. The second kappa shape index (κ2) is 3.80. The molecule has 4 heteroatoms. The largest absolute Gasteiger partial charge is 0.508 e. The van der Waals surface area contributed by atoms with Gasteiger partial charge >= 0.3 is 0 Å². The lowest BCUT2D eigenvalue weighted by Gasteiger charge is -2.04. The summed E-state index contributed by atoms with van der Waals surface area (Å²) in [5, 5.41) is 9.16. The molecular weight excluding hydrogens is 170 g/mol. The van der Waals surface area contributed by atoms with Gasteiger partial charge in [0.1, 0.15) is 11.5 Å². The maximum absolute atomic E-state index is 10.4. The molecule has 0 spiro atoms. The minimum absolute atomic E-state index is 0.111. The molecule has 0 radical (unpaired) electrons. The predicted molar refractivity (Wildman–Crippen MR) is 47.5 cm³/mol. The summed E-state index contributed by atoms with van der Waals surface area (Å²) >= 11 is 0. The highest BCUT2D eigenvalue weighted by atomic mass is 16.5. The summed E-state index contributed by atoms with van der Waals surface area (Å²) in [5.74, 6) is 0.0109. The van der Waals surface area contributed by atoms with E-state index >= 15 is 0 Å². The van der Waals surface area contributed by atoms with Gasteiger partial charge in [-0.05, 0) is 24.6 Å². The number of carbonyl (C=O) groups excluding carboxylic acids is 1. The average Bonchev–Trinajstić information content (AvgIpc) is 1.99. The minimum Gasteiger partial charge on any atom is -0.508 e. The van der Waals surface area contributed by atoms with E-state index in [0.29, 0.717) is 5.75 Å². The van der Waals surface area contributed by atoms with E-state index < -0.39 is 5.91 Å². The van der Waals surface area contributed by atoms with Crippen LogP contribution in [0.5, 0.6) is 11.5 Å². The third-order valence-electron chi connectivity index (χ3n) is 1.42. The van der Waals surface area contributed by atoms with Crippen molar-refractivity contribution in [3.05, 3.63) is 23.8 Å². The number of hydrogen-bond acceptors (Lipinski definition) is 3. The highest BCUT2D eigenvalue weighted by molar-refractivity contribution is 5.75. The molecule has 0 aliphatic carbocycles. The normalized spacial score (nSPS) is 9.62. The molecule has 0 aliphatic heterocycles. The smallest absolute Gasteiger partial charge is 0.255 e. The number of ether oxygens (including phenoxy) is 1. The Morgan fingerprint density at radius 1 is 1.54 bits per heavy atom. The number of rotatable bonds is 3. The molecule has 0 fully saturated rings. The minimum atomic E-state index is -0.541. The number of aromatic hydroxyl groups is 1. The third kappa shape index (κ3) is 3.02. The molecule has 70 valence electrons. The molecule has 0 unspecified atom stereocenters. The fraction of sp³-hybridized carbons (Fsp3) is 0.222. The van der Waals surface area contributed by atoms with Crippen LogP contribution in [0.4, 0.5) is 0 Å². The number of phenolic OH excluding ortho intramolecular Hbond substituents is 1. The Kier molecular flexibility index (Phi) is 2.74. The molecule has 0 bridgehead atoms. The van der Waals surface area contributed by atoms with Crippen molar-refractivity contribution in [2.45, 2.75) is 6.92 Å². The van der Waals surface area contributed by atoms with E-state index in [2.05, 4.69) is 0 Å². The fourth-order valence-corrected chi connectivity index (χ4v) is 0.966. The molecule has 13 heavy (non-hydrogen) atoms. The van der Waals surface area contributed by atoms with Gasteiger partial charge < -0.3 is 15.6 Å².